The molecule has 0 spiro atoms. The largest absolute Gasteiger partial charge is 0.497 e. The number of ether oxygens (including phenoxy) is 5. The van der Waals surface area contributed by atoms with Gasteiger partial charge in [0, 0.05) is 11.8 Å². The lowest BCUT2D eigenvalue weighted by Gasteiger charge is -2.49. The second kappa shape index (κ2) is 10.9. The van der Waals surface area contributed by atoms with Crippen molar-refractivity contribution in [2.75, 3.05) is 28.4 Å². The van der Waals surface area contributed by atoms with Gasteiger partial charge in [-0.25, -0.2) is 9.59 Å². The zero-order valence-corrected chi connectivity index (χ0v) is 24.0. The summed E-state index contributed by atoms with van der Waals surface area (Å²) in [6.07, 6.45) is -0.896. The molecule has 0 radical (unpaired) electrons. The van der Waals surface area contributed by atoms with E-state index in [-0.39, 0.29) is 23.7 Å². The Morgan fingerprint density at radius 3 is 1.57 bits per heavy atom. The van der Waals surface area contributed by atoms with Crippen LogP contribution in [-0.2, 0) is 29.4 Å². The lowest BCUT2D eigenvalue weighted by atomic mass is 9.59. The van der Waals surface area contributed by atoms with E-state index in [1.165, 1.54) is 14.2 Å². The van der Waals surface area contributed by atoms with E-state index >= 15 is 0 Å². The van der Waals surface area contributed by atoms with Gasteiger partial charge in [-0.3, -0.25) is 0 Å². The molecule has 0 unspecified atom stereocenters. The van der Waals surface area contributed by atoms with Gasteiger partial charge in [-0.2, -0.15) is 0 Å². The van der Waals surface area contributed by atoms with E-state index < -0.39 is 29.7 Å². The molecule has 0 saturated heterocycles. The van der Waals surface area contributed by atoms with Gasteiger partial charge in [0.05, 0.1) is 51.8 Å². The van der Waals surface area contributed by atoms with Crippen molar-refractivity contribution in [3.8, 4) is 11.5 Å². The molecule has 6 atom stereocenters. The number of hydrogen-bond donors (Lipinski definition) is 1. The zero-order valence-electron chi connectivity index (χ0n) is 24.0. The van der Waals surface area contributed by atoms with E-state index in [4.69, 9.17) is 23.7 Å². The Balaban J connectivity index is 1.50. The molecule has 6 rings (SSSR count). The molecule has 2 fully saturated rings. The fourth-order valence-electron chi connectivity index (χ4n) is 7.48. The number of fused-ring (bicyclic) bond motifs is 5. The Hall–Kier alpha value is -4.14. The standard InChI is InChI=1S/C34H34O8/c1-38-22-14-10-20(11-15-22)34(19-8-6-5-7-9-19,21-12-16-23(39-2)17-13-21)42-31-25-18-24(30(31)35)26-27(25)29(33(37)41-4)28(26)32(36)40-3/h5-17,24-27,30-31,35H,18H2,1-4H3/t24-,25+,26+,27-,30-,31-/m0/s1. The molecule has 0 amide bonds. The van der Waals surface area contributed by atoms with Crippen LogP contribution in [0.5, 0.6) is 11.5 Å². The fourth-order valence-corrected chi connectivity index (χ4v) is 7.48. The van der Waals surface area contributed by atoms with Gasteiger partial charge >= 0.3 is 11.9 Å². The second-order valence-electron chi connectivity index (χ2n) is 11.0. The Kier molecular flexibility index (Phi) is 7.29. The first-order valence-electron chi connectivity index (χ1n) is 14.0. The highest BCUT2D eigenvalue weighted by Gasteiger charge is 2.68. The van der Waals surface area contributed by atoms with Crippen LogP contribution in [0.15, 0.2) is 90.0 Å². The van der Waals surface area contributed by atoms with Crippen molar-refractivity contribution in [1.82, 2.24) is 0 Å². The van der Waals surface area contributed by atoms with Crippen molar-refractivity contribution in [3.63, 3.8) is 0 Å². The summed E-state index contributed by atoms with van der Waals surface area (Å²) in [6.45, 7) is 0. The average molecular weight is 571 g/mol. The summed E-state index contributed by atoms with van der Waals surface area (Å²) in [7, 11) is 5.84. The molecule has 3 aliphatic carbocycles. The van der Waals surface area contributed by atoms with Crippen molar-refractivity contribution in [1.29, 1.82) is 0 Å². The minimum absolute atomic E-state index is 0.211. The van der Waals surface area contributed by atoms with Gasteiger partial charge in [0.2, 0.25) is 0 Å². The van der Waals surface area contributed by atoms with E-state index in [2.05, 4.69) is 0 Å². The van der Waals surface area contributed by atoms with Gasteiger partial charge in [-0.1, -0.05) is 54.6 Å². The maximum Gasteiger partial charge on any atom is 0.334 e. The molecule has 42 heavy (non-hydrogen) atoms. The number of aliphatic hydroxyl groups is 1. The van der Waals surface area contributed by atoms with Crippen LogP contribution in [-0.4, -0.2) is 57.7 Å². The third-order valence-electron chi connectivity index (χ3n) is 9.30. The van der Waals surface area contributed by atoms with Crippen LogP contribution in [0.3, 0.4) is 0 Å². The molecular formula is C34H34O8. The van der Waals surface area contributed by atoms with E-state index in [0.717, 1.165) is 16.7 Å². The number of aliphatic hydroxyl groups excluding tert-OH is 1. The highest BCUT2D eigenvalue weighted by atomic mass is 16.5. The van der Waals surface area contributed by atoms with Crippen molar-refractivity contribution >= 4 is 11.9 Å². The predicted molar refractivity (Wildman–Crippen MR) is 153 cm³/mol. The van der Waals surface area contributed by atoms with E-state index in [1.54, 1.807) is 14.2 Å². The quantitative estimate of drug-likeness (QED) is 0.301. The fraction of sp³-hybridized carbons (Fsp3) is 0.353. The predicted octanol–water partition coefficient (Wildman–Crippen LogP) is 4.28. The smallest absolute Gasteiger partial charge is 0.334 e. The van der Waals surface area contributed by atoms with E-state index in [0.29, 0.717) is 29.1 Å². The third kappa shape index (κ3) is 4.12. The van der Waals surface area contributed by atoms with Crippen LogP contribution in [0.2, 0.25) is 0 Å². The van der Waals surface area contributed by atoms with E-state index in [9.17, 15) is 14.7 Å². The first-order chi connectivity index (χ1) is 20.4. The number of carbonyl (C=O) groups is 2. The molecule has 218 valence electrons. The summed E-state index contributed by atoms with van der Waals surface area (Å²) in [5.74, 6) is -0.706. The normalized spacial score (nSPS) is 25.8. The van der Waals surface area contributed by atoms with Crippen molar-refractivity contribution in [3.05, 3.63) is 107 Å². The summed E-state index contributed by atoms with van der Waals surface area (Å²) < 4.78 is 28.2. The Bertz CT molecular complexity index is 1450. The SMILES string of the molecule is COC(=O)C1=C(C(=O)OC)[C@H]2[C@H]3C[C@H]([C@H](O)[C@H]3OC(c3ccccc3)(c3ccc(OC)cc3)c3ccc(OC)cc3)[C@@H]12. The number of methoxy groups -OCH3 is 4. The van der Waals surface area contributed by atoms with Crippen LogP contribution in [0.25, 0.3) is 0 Å². The summed E-state index contributed by atoms with van der Waals surface area (Å²) in [4.78, 5) is 25.6. The zero-order chi connectivity index (χ0) is 29.6. The summed E-state index contributed by atoms with van der Waals surface area (Å²) in [5.41, 5.74) is 2.09. The number of hydrogen-bond acceptors (Lipinski definition) is 8. The molecule has 3 aliphatic rings. The molecule has 1 N–H and O–H groups in total. The van der Waals surface area contributed by atoms with Crippen LogP contribution in [0.1, 0.15) is 23.1 Å². The lowest BCUT2D eigenvalue weighted by Crippen LogP contribution is -2.54. The molecule has 2 bridgehead atoms. The Labute approximate surface area is 244 Å². The lowest BCUT2D eigenvalue weighted by molar-refractivity contribution is -0.155. The Morgan fingerprint density at radius 1 is 0.667 bits per heavy atom. The molecule has 8 heteroatoms. The number of rotatable bonds is 9. The average Bonchev–Trinajstić information content (AvgIpc) is 3.51. The molecule has 0 heterocycles. The monoisotopic (exact) mass is 570 g/mol. The molecule has 2 saturated carbocycles. The second-order valence-corrected chi connectivity index (χ2v) is 11.0. The topological polar surface area (TPSA) is 101 Å². The molecule has 0 aromatic heterocycles. The van der Waals surface area contributed by atoms with Gasteiger partial charge in [-0.05, 0) is 59.2 Å². The van der Waals surface area contributed by atoms with Crippen LogP contribution in [0.4, 0.5) is 0 Å². The molecule has 3 aromatic rings. The van der Waals surface area contributed by atoms with Gasteiger partial charge in [-0.15, -0.1) is 0 Å². The summed E-state index contributed by atoms with van der Waals surface area (Å²) in [6, 6.07) is 25.3. The molecular weight excluding hydrogens is 536 g/mol. The van der Waals surface area contributed by atoms with Gasteiger partial charge < -0.3 is 28.8 Å². The van der Waals surface area contributed by atoms with Crippen LogP contribution in [0, 0.1) is 23.7 Å². The first-order valence-corrected chi connectivity index (χ1v) is 14.0. The molecule has 3 aromatic carbocycles. The minimum atomic E-state index is -1.13. The van der Waals surface area contributed by atoms with Crippen LogP contribution >= 0.6 is 0 Å². The number of benzene rings is 3. The van der Waals surface area contributed by atoms with Gasteiger partial charge in [0.1, 0.15) is 17.1 Å². The highest BCUT2D eigenvalue weighted by Crippen LogP contribution is 2.65. The molecule has 0 aliphatic heterocycles. The van der Waals surface area contributed by atoms with Crippen LogP contribution < -0.4 is 9.47 Å². The van der Waals surface area contributed by atoms with Crippen molar-refractivity contribution in [2.24, 2.45) is 23.7 Å². The summed E-state index contributed by atoms with van der Waals surface area (Å²) >= 11 is 0. The van der Waals surface area contributed by atoms with Crippen molar-refractivity contribution in [2.45, 2.75) is 24.2 Å². The first kappa shape index (κ1) is 28.0. The maximum absolute atomic E-state index is 12.9. The molecule has 8 nitrogen and oxygen atoms in total. The highest BCUT2D eigenvalue weighted by molar-refractivity contribution is 6.04. The number of carbonyl (C=O) groups excluding carboxylic acids is 2. The van der Waals surface area contributed by atoms with Gasteiger partial charge in [0.25, 0.3) is 0 Å². The number of esters is 2. The Morgan fingerprint density at radius 2 is 1.12 bits per heavy atom. The summed E-state index contributed by atoms with van der Waals surface area (Å²) in [5, 5.41) is 11.8. The van der Waals surface area contributed by atoms with E-state index in [1.807, 2.05) is 78.9 Å². The van der Waals surface area contributed by atoms with Gasteiger partial charge in [0.15, 0.2) is 0 Å². The maximum atomic E-state index is 12.9. The third-order valence-corrected chi connectivity index (χ3v) is 9.30. The minimum Gasteiger partial charge on any atom is -0.497 e. The van der Waals surface area contributed by atoms with Crippen molar-refractivity contribution < 1.29 is 38.4 Å².